The Morgan fingerprint density at radius 3 is 2.92 bits per heavy atom. The van der Waals surface area contributed by atoms with E-state index in [1.165, 1.54) is 5.56 Å². The summed E-state index contributed by atoms with van der Waals surface area (Å²) in [4.78, 5) is 10.9. The first-order valence-electron chi connectivity index (χ1n) is 4.50. The van der Waals surface area contributed by atoms with E-state index in [1.54, 1.807) is 0 Å². The molecular weight excluding hydrogens is 164 g/mol. The maximum atomic E-state index is 5.51. The topological polar surface area (TPSA) is 55.0 Å². The molecule has 0 spiro atoms. The van der Waals surface area contributed by atoms with Gasteiger partial charge in [0.25, 0.3) is 0 Å². The summed E-state index contributed by atoms with van der Waals surface area (Å²) in [6.07, 6.45) is 1.06. The van der Waals surface area contributed by atoms with Crippen molar-refractivity contribution in [2.75, 3.05) is 18.5 Å². The van der Waals surface area contributed by atoms with Crippen LogP contribution in [0.5, 0.6) is 0 Å². The highest BCUT2D eigenvalue weighted by molar-refractivity contribution is 5.53. The van der Waals surface area contributed by atoms with Crippen molar-refractivity contribution in [1.29, 1.82) is 0 Å². The number of hydrogen-bond donors (Lipinski definition) is 1. The lowest BCUT2D eigenvalue weighted by atomic mass is 10.2. The van der Waals surface area contributed by atoms with Crippen molar-refractivity contribution in [2.45, 2.75) is 19.9 Å². The van der Waals surface area contributed by atoms with Crippen molar-refractivity contribution in [2.24, 2.45) is 5.73 Å². The molecule has 0 amide bonds. The molecule has 2 rings (SSSR count). The highest BCUT2D eigenvalue weighted by atomic mass is 15.2. The Kier molecular flexibility index (Phi) is 1.92. The third kappa shape index (κ3) is 1.27. The second-order valence-electron chi connectivity index (χ2n) is 3.40. The number of nitrogens with zero attached hydrogens (tertiary/aromatic N) is 3. The molecule has 13 heavy (non-hydrogen) atoms. The minimum atomic E-state index is 0.419. The maximum Gasteiger partial charge on any atom is 0.144 e. The minimum absolute atomic E-state index is 0.419. The second-order valence-corrected chi connectivity index (χ2v) is 3.40. The van der Waals surface area contributed by atoms with Crippen LogP contribution < -0.4 is 10.6 Å². The van der Waals surface area contributed by atoms with Crippen LogP contribution in [0.25, 0.3) is 0 Å². The van der Waals surface area contributed by atoms with Gasteiger partial charge in [0, 0.05) is 24.8 Å². The Morgan fingerprint density at radius 2 is 2.23 bits per heavy atom. The first-order chi connectivity index (χ1) is 6.22. The van der Waals surface area contributed by atoms with Gasteiger partial charge in [-0.2, -0.15) is 0 Å². The molecule has 1 aliphatic heterocycles. The number of hydrogen-bond acceptors (Lipinski definition) is 4. The van der Waals surface area contributed by atoms with Crippen LogP contribution in [0, 0.1) is 6.92 Å². The maximum absolute atomic E-state index is 5.51. The van der Waals surface area contributed by atoms with Crippen molar-refractivity contribution < 1.29 is 0 Å². The van der Waals surface area contributed by atoms with Crippen molar-refractivity contribution >= 4 is 5.82 Å². The molecule has 0 aliphatic carbocycles. The van der Waals surface area contributed by atoms with Crippen molar-refractivity contribution in [3.05, 3.63) is 17.1 Å². The van der Waals surface area contributed by atoms with Gasteiger partial charge in [0.05, 0.1) is 6.54 Å². The molecule has 4 heteroatoms. The van der Waals surface area contributed by atoms with Gasteiger partial charge in [0.1, 0.15) is 11.6 Å². The van der Waals surface area contributed by atoms with Crippen LogP contribution in [0.4, 0.5) is 5.82 Å². The Morgan fingerprint density at radius 1 is 1.46 bits per heavy atom. The monoisotopic (exact) mass is 178 g/mol. The SMILES string of the molecule is Cc1nc(CN)nc2c1CCN2C. The van der Waals surface area contributed by atoms with E-state index in [0.717, 1.165) is 30.3 Å². The quantitative estimate of drug-likeness (QED) is 0.669. The molecule has 0 bridgehead atoms. The van der Waals surface area contributed by atoms with Crippen molar-refractivity contribution in [1.82, 2.24) is 9.97 Å². The van der Waals surface area contributed by atoms with Crippen molar-refractivity contribution in [3.63, 3.8) is 0 Å². The summed E-state index contributed by atoms with van der Waals surface area (Å²) < 4.78 is 0. The summed E-state index contributed by atoms with van der Waals surface area (Å²) in [6.45, 7) is 3.49. The number of aryl methyl sites for hydroxylation is 1. The lowest BCUT2D eigenvalue weighted by Gasteiger charge is -2.11. The smallest absolute Gasteiger partial charge is 0.144 e. The Bertz CT molecular complexity index is 335. The fraction of sp³-hybridized carbons (Fsp3) is 0.556. The van der Waals surface area contributed by atoms with E-state index in [4.69, 9.17) is 5.73 Å². The molecule has 2 heterocycles. The van der Waals surface area contributed by atoms with Crippen LogP contribution in [-0.2, 0) is 13.0 Å². The fourth-order valence-electron chi connectivity index (χ4n) is 1.72. The van der Waals surface area contributed by atoms with Gasteiger partial charge in [-0.3, -0.25) is 0 Å². The zero-order valence-electron chi connectivity index (χ0n) is 8.04. The van der Waals surface area contributed by atoms with E-state index in [0.29, 0.717) is 6.54 Å². The van der Waals surface area contributed by atoms with Gasteiger partial charge >= 0.3 is 0 Å². The molecule has 1 aromatic rings. The highest BCUT2D eigenvalue weighted by Crippen LogP contribution is 2.25. The molecule has 0 saturated carbocycles. The van der Waals surface area contributed by atoms with Gasteiger partial charge in [-0.05, 0) is 13.3 Å². The van der Waals surface area contributed by atoms with E-state index < -0.39 is 0 Å². The molecule has 70 valence electrons. The number of nitrogens with two attached hydrogens (primary N) is 1. The third-order valence-electron chi connectivity index (χ3n) is 2.48. The summed E-state index contributed by atoms with van der Waals surface area (Å²) in [5.74, 6) is 1.80. The van der Waals surface area contributed by atoms with Crippen LogP contribution >= 0.6 is 0 Å². The first-order valence-corrected chi connectivity index (χ1v) is 4.50. The first kappa shape index (κ1) is 8.44. The summed E-state index contributed by atoms with van der Waals surface area (Å²) in [5, 5.41) is 0. The Labute approximate surface area is 77.8 Å². The number of anilines is 1. The van der Waals surface area contributed by atoms with Crippen LogP contribution in [0.1, 0.15) is 17.1 Å². The van der Waals surface area contributed by atoms with Gasteiger partial charge in [0.2, 0.25) is 0 Å². The largest absolute Gasteiger partial charge is 0.359 e. The lowest BCUT2D eigenvalue weighted by Crippen LogP contribution is -2.15. The molecule has 4 nitrogen and oxygen atoms in total. The van der Waals surface area contributed by atoms with E-state index >= 15 is 0 Å². The van der Waals surface area contributed by atoms with Gasteiger partial charge < -0.3 is 10.6 Å². The average molecular weight is 178 g/mol. The standard InChI is InChI=1S/C9H14N4/c1-6-7-3-4-13(2)9(7)12-8(5-10)11-6/h3-5,10H2,1-2H3. The molecular formula is C9H14N4. The molecule has 1 aliphatic rings. The number of likely N-dealkylation sites (N-methyl/N-ethyl adjacent to an activating group) is 1. The van der Waals surface area contributed by atoms with Crippen LogP contribution in [0.2, 0.25) is 0 Å². The normalized spacial score (nSPS) is 14.8. The molecule has 0 aromatic carbocycles. The molecule has 1 aromatic heterocycles. The van der Waals surface area contributed by atoms with Crippen LogP contribution in [-0.4, -0.2) is 23.6 Å². The zero-order valence-corrected chi connectivity index (χ0v) is 8.04. The summed E-state index contributed by atoms with van der Waals surface area (Å²) in [7, 11) is 2.05. The molecule has 0 radical (unpaired) electrons. The number of fused-ring (bicyclic) bond motifs is 1. The summed E-state index contributed by atoms with van der Waals surface area (Å²) >= 11 is 0. The molecule has 2 N–H and O–H groups in total. The zero-order chi connectivity index (χ0) is 9.42. The van der Waals surface area contributed by atoms with Crippen molar-refractivity contribution in [3.8, 4) is 0 Å². The third-order valence-corrected chi connectivity index (χ3v) is 2.48. The number of rotatable bonds is 1. The molecule has 0 fully saturated rings. The van der Waals surface area contributed by atoms with Gasteiger partial charge in [-0.1, -0.05) is 0 Å². The van der Waals surface area contributed by atoms with Crippen LogP contribution in [0.3, 0.4) is 0 Å². The predicted octanol–water partition coefficient (Wildman–Crippen LogP) is 0.236. The lowest BCUT2D eigenvalue weighted by molar-refractivity contribution is 0.878. The minimum Gasteiger partial charge on any atom is -0.359 e. The summed E-state index contributed by atoms with van der Waals surface area (Å²) in [5.41, 5.74) is 7.87. The van der Waals surface area contributed by atoms with E-state index in [1.807, 2.05) is 6.92 Å². The predicted molar refractivity (Wildman–Crippen MR) is 51.6 cm³/mol. The molecule has 0 atom stereocenters. The Hall–Kier alpha value is -1.16. The van der Waals surface area contributed by atoms with Gasteiger partial charge in [-0.15, -0.1) is 0 Å². The van der Waals surface area contributed by atoms with Crippen LogP contribution in [0.15, 0.2) is 0 Å². The Balaban J connectivity index is 2.53. The average Bonchev–Trinajstić information content (AvgIpc) is 2.48. The molecule has 0 saturated heterocycles. The molecule has 0 unspecified atom stereocenters. The van der Waals surface area contributed by atoms with Gasteiger partial charge in [-0.25, -0.2) is 9.97 Å². The summed E-state index contributed by atoms with van der Waals surface area (Å²) in [6, 6.07) is 0. The highest BCUT2D eigenvalue weighted by Gasteiger charge is 2.20. The number of aromatic nitrogens is 2. The van der Waals surface area contributed by atoms with Gasteiger partial charge in [0.15, 0.2) is 0 Å². The van der Waals surface area contributed by atoms with E-state index in [2.05, 4.69) is 21.9 Å². The van der Waals surface area contributed by atoms with E-state index in [9.17, 15) is 0 Å². The van der Waals surface area contributed by atoms with E-state index in [-0.39, 0.29) is 0 Å². The second kappa shape index (κ2) is 2.96. The fourth-order valence-corrected chi connectivity index (χ4v) is 1.72.